The van der Waals surface area contributed by atoms with Gasteiger partial charge in [-0.05, 0) is 73.8 Å². The molecule has 0 amide bonds. The molecular formula is C30H34ClN5O2. The molecule has 1 N–H and O–H groups in total. The highest BCUT2D eigenvalue weighted by molar-refractivity contribution is 6.31. The van der Waals surface area contributed by atoms with E-state index < -0.39 is 0 Å². The monoisotopic (exact) mass is 531 g/mol. The molecule has 0 atom stereocenters. The number of piperidine rings is 1. The summed E-state index contributed by atoms with van der Waals surface area (Å²) in [6.07, 6.45) is 5.61. The molecule has 0 radical (unpaired) electrons. The van der Waals surface area contributed by atoms with Crippen molar-refractivity contribution in [3.05, 3.63) is 71.0 Å². The molecule has 1 aliphatic rings. The molecule has 198 valence electrons. The summed E-state index contributed by atoms with van der Waals surface area (Å²) < 4.78 is 8.15. The maximum absolute atomic E-state index is 12.6. The highest BCUT2D eigenvalue weighted by Gasteiger charge is 2.16. The summed E-state index contributed by atoms with van der Waals surface area (Å²) in [5.74, 6) is 2.57. The van der Waals surface area contributed by atoms with Crippen LogP contribution in [0.15, 0.2) is 54.7 Å². The highest BCUT2D eigenvalue weighted by Crippen LogP contribution is 2.31. The van der Waals surface area contributed by atoms with Gasteiger partial charge in [-0.3, -0.25) is 14.7 Å². The molecule has 0 unspecified atom stereocenters. The molecular weight excluding hydrogens is 498 g/mol. The minimum atomic E-state index is 0.188. The number of ketones is 1. The van der Waals surface area contributed by atoms with E-state index in [1.54, 1.807) is 12.3 Å². The third kappa shape index (κ3) is 6.17. The van der Waals surface area contributed by atoms with Gasteiger partial charge in [0.15, 0.2) is 5.78 Å². The number of anilines is 2. The van der Waals surface area contributed by atoms with Crippen molar-refractivity contribution in [1.29, 1.82) is 0 Å². The van der Waals surface area contributed by atoms with E-state index in [-0.39, 0.29) is 5.78 Å². The van der Waals surface area contributed by atoms with E-state index in [0.717, 1.165) is 52.0 Å². The van der Waals surface area contributed by atoms with E-state index in [0.29, 0.717) is 30.4 Å². The fraction of sp³-hybridized carbons (Fsp3) is 0.367. The van der Waals surface area contributed by atoms with Crippen molar-refractivity contribution in [3.63, 3.8) is 0 Å². The molecule has 3 heterocycles. The van der Waals surface area contributed by atoms with Gasteiger partial charge in [0.2, 0.25) is 5.95 Å². The van der Waals surface area contributed by atoms with E-state index in [1.807, 2.05) is 48.0 Å². The predicted molar refractivity (Wildman–Crippen MR) is 153 cm³/mol. The molecule has 2 aromatic heterocycles. The van der Waals surface area contributed by atoms with Gasteiger partial charge in [0.25, 0.3) is 0 Å². The molecule has 8 heteroatoms. The molecule has 1 fully saturated rings. The van der Waals surface area contributed by atoms with Crippen LogP contribution in [0.25, 0.3) is 11.0 Å². The molecule has 7 nitrogen and oxygen atoms in total. The number of hydrogen-bond donors (Lipinski definition) is 1. The van der Waals surface area contributed by atoms with Crippen molar-refractivity contribution >= 4 is 40.1 Å². The molecule has 1 saturated heterocycles. The second-order valence-corrected chi connectivity index (χ2v) is 10.7. The number of halogens is 1. The van der Waals surface area contributed by atoms with Crippen molar-refractivity contribution in [2.45, 2.75) is 45.4 Å². The summed E-state index contributed by atoms with van der Waals surface area (Å²) in [5, 5.41) is 4.18. The lowest BCUT2D eigenvalue weighted by molar-refractivity contribution is -0.119. The third-order valence-electron chi connectivity index (χ3n) is 6.98. The fourth-order valence-electron chi connectivity index (χ4n) is 4.93. The van der Waals surface area contributed by atoms with Gasteiger partial charge in [0.1, 0.15) is 11.5 Å². The lowest BCUT2D eigenvalue weighted by Crippen LogP contribution is -2.35. The number of Topliss-reactive ketones (excluding diaryl/α,β-unsaturated/α-hetero) is 1. The average molecular weight is 532 g/mol. The Hall–Kier alpha value is -3.42. The molecule has 38 heavy (non-hydrogen) atoms. The van der Waals surface area contributed by atoms with Gasteiger partial charge in [-0.1, -0.05) is 31.9 Å². The summed E-state index contributed by atoms with van der Waals surface area (Å²) >= 11 is 6.36. The van der Waals surface area contributed by atoms with Gasteiger partial charge >= 0.3 is 0 Å². The second kappa shape index (κ2) is 11.5. The lowest BCUT2D eigenvalue weighted by Gasteiger charge is -2.25. The van der Waals surface area contributed by atoms with Crippen LogP contribution in [0.4, 0.5) is 11.6 Å². The van der Waals surface area contributed by atoms with E-state index >= 15 is 0 Å². The number of ether oxygens (including phenoxy) is 1. The van der Waals surface area contributed by atoms with E-state index in [1.165, 1.54) is 19.3 Å². The summed E-state index contributed by atoms with van der Waals surface area (Å²) in [6.45, 7) is 6.76. The first-order valence-electron chi connectivity index (χ1n) is 13.3. The van der Waals surface area contributed by atoms with E-state index in [2.05, 4.69) is 35.1 Å². The van der Waals surface area contributed by atoms with Crippen molar-refractivity contribution in [2.24, 2.45) is 7.05 Å². The number of carbonyl (C=O) groups excluding carboxylic acids is 1. The first kappa shape index (κ1) is 26.2. The van der Waals surface area contributed by atoms with Gasteiger partial charge in [-0.15, -0.1) is 0 Å². The smallest absolute Gasteiger partial charge is 0.208 e. The zero-order valence-corrected chi connectivity index (χ0v) is 23.0. The van der Waals surface area contributed by atoms with Crippen LogP contribution in [0.2, 0.25) is 5.02 Å². The van der Waals surface area contributed by atoms with Gasteiger partial charge in [-0.25, -0.2) is 4.98 Å². The Morgan fingerprint density at radius 1 is 1.05 bits per heavy atom. The molecule has 0 bridgehead atoms. The Bertz CT molecular complexity index is 1440. The van der Waals surface area contributed by atoms with Gasteiger partial charge in [0.05, 0.1) is 29.7 Å². The van der Waals surface area contributed by atoms with Gasteiger partial charge in [0, 0.05) is 36.1 Å². The topological polar surface area (TPSA) is 72.3 Å². The number of likely N-dealkylation sites (tertiary alicyclic amines) is 1. The van der Waals surface area contributed by atoms with Gasteiger partial charge < -0.3 is 14.6 Å². The minimum Gasteiger partial charge on any atom is -0.457 e. The zero-order chi connectivity index (χ0) is 26.6. The Balaban J connectivity index is 1.28. The molecule has 4 aromatic rings. The minimum absolute atomic E-state index is 0.188. The van der Waals surface area contributed by atoms with E-state index in [4.69, 9.17) is 21.3 Å². The van der Waals surface area contributed by atoms with Crippen LogP contribution in [-0.4, -0.2) is 44.9 Å². The van der Waals surface area contributed by atoms with Crippen LogP contribution in [0, 0.1) is 0 Å². The largest absolute Gasteiger partial charge is 0.457 e. The number of carbonyl (C=O) groups is 1. The standard InChI is InChI=1S/C30H34ClN5O2/c1-20(2)26-17-21(7-9-27(26)31)33-30-34-28-18-24(8-10-29(28)35(30)3)38-25-11-12-32-22(16-25)15-23(37)19-36-13-5-4-6-14-36/h7-12,16-18,20H,4-6,13-15,19H2,1-3H3,(H,33,34). The van der Waals surface area contributed by atoms with Crippen molar-refractivity contribution in [1.82, 2.24) is 19.4 Å². The number of nitrogens with one attached hydrogen (secondary N) is 1. The number of nitrogens with zero attached hydrogens (tertiary/aromatic N) is 4. The summed E-state index contributed by atoms with van der Waals surface area (Å²) in [6, 6.07) is 15.4. The summed E-state index contributed by atoms with van der Waals surface area (Å²) in [4.78, 5) is 24.0. The Morgan fingerprint density at radius 3 is 2.63 bits per heavy atom. The van der Waals surface area contributed by atoms with Crippen molar-refractivity contribution in [2.75, 3.05) is 25.0 Å². The normalized spacial score (nSPS) is 14.2. The van der Waals surface area contributed by atoms with Crippen molar-refractivity contribution in [3.8, 4) is 11.5 Å². The first-order valence-corrected chi connectivity index (χ1v) is 13.6. The molecule has 5 rings (SSSR count). The van der Waals surface area contributed by atoms with Crippen LogP contribution in [0.3, 0.4) is 0 Å². The fourth-order valence-corrected chi connectivity index (χ4v) is 5.26. The lowest BCUT2D eigenvalue weighted by atomic mass is 10.0. The number of benzene rings is 2. The van der Waals surface area contributed by atoms with Crippen molar-refractivity contribution < 1.29 is 9.53 Å². The third-order valence-corrected chi connectivity index (χ3v) is 7.32. The quantitative estimate of drug-likeness (QED) is 0.254. The zero-order valence-electron chi connectivity index (χ0n) is 22.2. The summed E-state index contributed by atoms with van der Waals surface area (Å²) in [7, 11) is 1.98. The second-order valence-electron chi connectivity index (χ2n) is 10.3. The maximum Gasteiger partial charge on any atom is 0.208 e. The number of pyridine rings is 1. The number of rotatable bonds is 9. The molecule has 0 spiro atoms. The molecule has 1 aliphatic heterocycles. The van der Waals surface area contributed by atoms with Crippen LogP contribution in [0.1, 0.15) is 50.3 Å². The number of hydrogen-bond acceptors (Lipinski definition) is 6. The van der Waals surface area contributed by atoms with Crippen LogP contribution < -0.4 is 10.1 Å². The van der Waals surface area contributed by atoms with Crippen LogP contribution >= 0.6 is 11.6 Å². The average Bonchev–Trinajstić information content (AvgIpc) is 3.20. The molecule has 0 saturated carbocycles. The first-order chi connectivity index (χ1) is 18.4. The Morgan fingerprint density at radius 2 is 1.84 bits per heavy atom. The molecule has 2 aromatic carbocycles. The SMILES string of the molecule is CC(C)c1cc(Nc2nc3cc(Oc4ccnc(CC(=O)CN5CCCCC5)c4)ccc3n2C)ccc1Cl. The molecule has 0 aliphatic carbocycles. The maximum atomic E-state index is 12.6. The Kier molecular flexibility index (Phi) is 7.95. The van der Waals surface area contributed by atoms with Gasteiger partial charge in [-0.2, -0.15) is 0 Å². The number of aryl methyl sites for hydroxylation is 1. The highest BCUT2D eigenvalue weighted by atomic mass is 35.5. The summed E-state index contributed by atoms with van der Waals surface area (Å²) in [5.41, 5.74) is 4.55. The Labute approximate surface area is 228 Å². The van der Waals surface area contributed by atoms with Crippen LogP contribution in [-0.2, 0) is 18.3 Å². The number of imidazole rings is 1. The van der Waals surface area contributed by atoms with Crippen LogP contribution in [0.5, 0.6) is 11.5 Å². The number of fused-ring (bicyclic) bond motifs is 1. The predicted octanol–water partition coefficient (Wildman–Crippen LogP) is 6.88. The van der Waals surface area contributed by atoms with E-state index in [9.17, 15) is 4.79 Å². The number of aromatic nitrogens is 3.